The number of ether oxygens (including phenoxy) is 2. The lowest BCUT2D eigenvalue weighted by atomic mass is 9.88. The molecule has 0 saturated heterocycles. The lowest BCUT2D eigenvalue weighted by molar-refractivity contribution is -0.0120. The minimum atomic E-state index is 0.0997. The van der Waals surface area contributed by atoms with Gasteiger partial charge in [0.2, 0.25) is 0 Å². The van der Waals surface area contributed by atoms with E-state index in [1.807, 2.05) is 13.0 Å². The van der Waals surface area contributed by atoms with Crippen molar-refractivity contribution in [2.45, 2.75) is 44.9 Å². The largest absolute Gasteiger partial charge is 0.508 e. The fourth-order valence-electron chi connectivity index (χ4n) is 2.52. The molecule has 1 atom stereocenters. The Labute approximate surface area is 114 Å². The maximum atomic E-state index is 9.92. The van der Waals surface area contributed by atoms with Crippen molar-refractivity contribution >= 4 is 0 Å². The zero-order valence-electron chi connectivity index (χ0n) is 11.8. The van der Waals surface area contributed by atoms with Gasteiger partial charge in [0.15, 0.2) is 0 Å². The van der Waals surface area contributed by atoms with Crippen LogP contribution in [0.3, 0.4) is 0 Å². The van der Waals surface area contributed by atoms with Crippen LogP contribution in [0.1, 0.15) is 38.3 Å². The molecule has 106 valence electrons. The van der Waals surface area contributed by atoms with Crippen molar-refractivity contribution in [1.29, 1.82) is 0 Å². The second-order valence-electron chi connectivity index (χ2n) is 5.06. The third-order valence-corrected chi connectivity index (χ3v) is 3.68. The van der Waals surface area contributed by atoms with Gasteiger partial charge in [-0.3, -0.25) is 0 Å². The van der Waals surface area contributed by atoms with Crippen molar-refractivity contribution in [3.63, 3.8) is 0 Å². The number of benzene rings is 1. The number of aromatic hydroxyl groups is 1. The molecule has 1 saturated carbocycles. The number of nitrogens with one attached hydrogen (secondary N) is 1. The highest BCUT2D eigenvalue weighted by Gasteiger charge is 2.30. The maximum absolute atomic E-state index is 9.92. The third kappa shape index (κ3) is 3.39. The van der Waals surface area contributed by atoms with E-state index in [4.69, 9.17) is 9.47 Å². The second-order valence-corrected chi connectivity index (χ2v) is 5.06. The predicted octanol–water partition coefficient (Wildman–Crippen LogP) is 2.62. The van der Waals surface area contributed by atoms with Gasteiger partial charge in [0.05, 0.1) is 13.2 Å². The molecule has 0 amide bonds. The smallest absolute Gasteiger partial charge is 0.120 e. The summed E-state index contributed by atoms with van der Waals surface area (Å²) in [6.07, 6.45) is 2.49. The molecule has 0 aliphatic heterocycles. The van der Waals surface area contributed by atoms with Gasteiger partial charge in [0.25, 0.3) is 0 Å². The van der Waals surface area contributed by atoms with Crippen molar-refractivity contribution in [2.75, 3.05) is 13.7 Å². The molecule has 1 aliphatic rings. The number of rotatable bonds is 6. The molecule has 1 fully saturated rings. The number of phenols is 1. The molecule has 0 aromatic heterocycles. The van der Waals surface area contributed by atoms with Gasteiger partial charge in [-0.1, -0.05) is 0 Å². The highest BCUT2D eigenvalue weighted by atomic mass is 16.5. The summed E-state index contributed by atoms with van der Waals surface area (Å²) >= 11 is 0. The van der Waals surface area contributed by atoms with Crippen LogP contribution in [0.2, 0.25) is 0 Å². The first-order chi connectivity index (χ1) is 9.13. The average molecular weight is 265 g/mol. The maximum Gasteiger partial charge on any atom is 0.120 e. The fourth-order valence-corrected chi connectivity index (χ4v) is 2.52. The number of methoxy groups -OCH3 is 1. The van der Waals surface area contributed by atoms with Crippen LogP contribution in [0.4, 0.5) is 0 Å². The molecule has 1 unspecified atom stereocenters. The summed E-state index contributed by atoms with van der Waals surface area (Å²) in [6, 6.07) is 5.89. The minimum absolute atomic E-state index is 0.0997. The van der Waals surface area contributed by atoms with Gasteiger partial charge < -0.3 is 19.9 Å². The first kappa shape index (κ1) is 14.2. The zero-order chi connectivity index (χ0) is 13.8. The average Bonchev–Trinajstić information content (AvgIpc) is 2.36. The second kappa shape index (κ2) is 6.26. The van der Waals surface area contributed by atoms with Crippen molar-refractivity contribution in [2.24, 2.45) is 0 Å². The Hall–Kier alpha value is -1.26. The molecular formula is C15H23NO3. The van der Waals surface area contributed by atoms with Crippen molar-refractivity contribution in [3.05, 3.63) is 23.8 Å². The third-order valence-electron chi connectivity index (χ3n) is 3.68. The molecule has 1 aliphatic carbocycles. The number of hydrogen-bond acceptors (Lipinski definition) is 4. The summed E-state index contributed by atoms with van der Waals surface area (Å²) < 4.78 is 10.7. The summed E-state index contributed by atoms with van der Waals surface area (Å²) in [7, 11) is 1.63. The van der Waals surface area contributed by atoms with E-state index in [2.05, 4.69) is 12.2 Å². The van der Waals surface area contributed by atoms with Crippen LogP contribution in [-0.2, 0) is 4.74 Å². The summed E-state index contributed by atoms with van der Waals surface area (Å²) in [5.41, 5.74) is 0.874. The Morgan fingerprint density at radius 1 is 1.42 bits per heavy atom. The van der Waals surface area contributed by atoms with Crippen LogP contribution in [0.15, 0.2) is 18.2 Å². The molecule has 2 rings (SSSR count). The first-order valence-electron chi connectivity index (χ1n) is 6.88. The fraction of sp³-hybridized carbons (Fsp3) is 0.600. The normalized spacial score (nSPS) is 23.7. The molecular weight excluding hydrogens is 242 g/mol. The van der Waals surface area contributed by atoms with E-state index in [0.29, 0.717) is 17.9 Å². The SMILES string of the molecule is CCOC1CC(NC(C)c2cc(OC)ccc2O)C1. The molecule has 1 aromatic carbocycles. The molecule has 4 nitrogen and oxygen atoms in total. The number of hydrogen-bond donors (Lipinski definition) is 2. The van der Waals surface area contributed by atoms with E-state index in [1.165, 1.54) is 0 Å². The molecule has 0 spiro atoms. The standard InChI is InChI=1S/C15H23NO3/c1-4-19-13-7-11(8-13)16-10(2)14-9-12(18-3)5-6-15(14)17/h5-6,9-11,13,16-17H,4,7-8H2,1-3H3. The van der Waals surface area contributed by atoms with Crippen LogP contribution in [0.25, 0.3) is 0 Å². The van der Waals surface area contributed by atoms with Crippen LogP contribution in [-0.4, -0.2) is 31.0 Å². The van der Waals surface area contributed by atoms with Gasteiger partial charge in [-0.05, 0) is 44.9 Å². The summed E-state index contributed by atoms with van der Waals surface area (Å²) in [5.74, 6) is 1.07. The number of phenolic OH excluding ortho intramolecular Hbond substituents is 1. The molecule has 0 radical (unpaired) electrons. The molecule has 2 N–H and O–H groups in total. The molecule has 19 heavy (non-hydrogen) atoms. The summed E-state index contributed by atoms with van der Waals surface area (Å²) in [5, 5.41) is 13.4. The Kier molecular flexibility index (Phi) is 4.66. The summed E-state index contributed by atoms with van der Waals surface area (Å²) in [4.78, 5) is 0. The highest BCUT2D eigenvalue weighted by Crippen LogP contribution is 2.31. The van der Waals surface area contributed by atoms with Crippen LogP contribution < -0.4 is 10.1 Å². The Morgan fingerprint density at radius 2 is 2.16 bits per heavy atom. The zero-order valence-corrected chi connectivity index (χ0v) is 11.8. The van der Waals surface area contributed by atoms with E-state index in [9.17, 15) is 5.11 Å². The minimum Gasteiger partial charge on any atom is -0.508 e. The van der Waals surface area contributed by atoms with E-state index < -0.39 is 0 Å². The molecule has 0 heterocycles. The highest BCUT2D eigenvalue weighted by molar-refractivity contribution is 5.41. The predicted molar refractivity (Wildman–Crippen MR) is 74.6 cm³/mol. The topological polar surface area (TPSA) is 50.7 Å². The van der Waals surface area contributed by atoms with Crippen LogP contribution in [0, 0.1) is 0 Å². The van der Waals surface area contributed by atoms with Gasteiger partial charge >= 0.3 is 0 Å². The van der Waals surface area contributed by atoms with Crippen molar-refractivity contribution in [1.82, 2.24) is 5.32 Å². The van der Waals surface area contributed by atoms with Gasteiger partial charge in [0, 0.05) is 24.3 Å². The van der Waals surface area contributed by atoms with Gasteiger partial charge in [-0.25, -0.2) is 0 Å². The first-order valence-corrected chi connectivity index (χ1v) is 6.88. The van der Waals surface area contributed by atoms with Crippen LogP contribution in [0.5, 0.6) is 11.5 Å². The Morgan fingerprint density at radius 3 is 2.79 bits per heavy atom. The molecule has 4 heteroatoms. The van der Waals surface area contributed by atoms with E-state index >= 15 is 0 Å². The van der Waals surface area contributed by atoms with Crippen molar-refractivity contribution in [3.8, 4) is 11.5 Å². The lowest BCUT2D eigenvalue weighted by Gasteiger charge is -2.37. The molecule has 1 aromatic rings. The van der Waals surface area contributed by atoms with E-state index in [0.717, 1.165) is 30.8 Å². The van der Waals surface area contributed by atoms with Crippen molar-refractivity contribution < 1.29 is 14.6 Å². The van der Waals surface area contributed by atoms with E-state index in [-0.39, 0.29) is 6.04 Å². The Balaban J connectivity index is 1.91. The van der Waals surface area contributed by atoms with Gasteiger partial charge in [0.1, 0.15) is 11.5 Å². The van der Waals surface area contributed by atoms with E-state index in [1.54, 1.807) is 19.2 Å². The van der Waals surface area contributed by atoms with Gasteiger partial charge in [-0.2, -0.15) is 0 Å². The summed E-state index contributed by atoms with van der Waals surface area (Å²) in [6.45, 7) is 4.86. The quantitative estimate of drug-likeness (QED) is 0.830. The Bertz CT molecular complexity index is 416. The monoisotopic (exact) mass is 265 g/mol. The van der Waals surface area contributed by atoms with Crippen LogP contribution >= 0.6 is 0 Å². The molecule has 0 bridgehead atoms. The van der Waals surface area contributed by atoms with Gasteiger partial charge in [-0.15, -0.1) is 0 Å². The lowest BCUT2D eigenvalue weighted by Crippen LogP contribution is -2.46.